The molecule has 2 aromatic carbocycles. The predicted octanol–water partition coefficient (Wildman–Crippen LogP) is 3.26. The smallest absolute Gasteiger partial charge is 0.332 e. The van der Waals surface area contributed by atoms with Gasteiger partial charge in [0.2, 0.25) is 15.1 Å². The van der Waals surface area contributed by atoms with E-state index in [0.29, 0.717) is 15.9 Å². The number of ether oxygens (including phenoxy) is 2. The number of sulfonamides is 1. The lowest BCUT2D eigenvalue weighted by atomic mass is 10.0. The van der Waals surface area contributed by atoms with Gasteiger partial charge in [0.15, 0.2) is 6.79 Å². The van der Waals surface area contributed by atoms with Crippen LogP contribution in [0.1, 0.15) is 23.6 Å². The molecule has 2 N–H and O–H groups in total. The Bertz CT molecular complexity index is 1670. The molecule has 0 bridgehead atoms. The average molecular weight is 654 g/mol. The van der Waals surface area contributed by atoms with Crippen molar-refractivity contribution in [2.45, 2.75) is 29.9 Å². The fraction of sp³-hybridized carbons (Fsp3) is 0.296. The van der Waals surface area contributed by atoms with Gasteiger partial charge in [-0.1, -0.05) is 30.3 Å². The van der Waals surface area contributed by atoms with E-state index >= 15 is 0 Å². The van der Waals surface area contributed by atoms with Crippen LogP contribution in [0.25, 0.3) is 11.6 Å². The number of thiol groups is 1. The van der Waals surface area contributed by atoms with Crippen LogP contribution in [0.2, 0.25) is 0 Å². The van der Waals surface area contributed by atoms with Crippen LogP contribution in [0.4, 0.5) is 0 Å². The van der Waals surface area contributed by atoms with Crippen molar-refractivity contribution in [2.24, 2.45) is 0 Å². The van der Waals surface area contributed by atoms with Gasteiger partial charge >= 0.3 is 5.69 Å². The van der Waals surface area contributed by atoms with E-state index in [1.54, 1.807) is 30.3 Å². The summed E-state index contributed by atoms with van der Waals surface area (Å²) in [6.45, 7) is 0.533. The third kappa shape index (κ3) is 8.63. The predicted molar refractivity (Wildman–Crippen MR) is 169 cm³/mol. The number of rotatable bonds is 14. The number of carbonyl (C=O) groups is 1. The minimum absolute atomic E-state index is 0.0109. The Balaban J connectivity index is 2.28. The van der Waals surface area contributed by atoms with E-state index in [4.69, 9.17) is 9.47 Å². The maximum Gasteiger partial charge on any atom is 0.332 e. The Morgan fingerprint density at radius 2 is 1.81 bits per heavy atom. The zero-order valence-electron chi connectivity index (χ0n) is 23.1. The van der Waals surface area contributed by atoms with E-state index in [1.165, 1.54) is 30.4 Å². The lowest BCUT2D eigenvalue weighted by molar-refractivity contribution is -0.111. The van der Waals surface area contributed by atoms with Crippen LogP contribution in [-0.2, 0) is 32.6 Å². The fourth-order valence-corrected chi connectivity index (χ4v) is 5.67. The van der Waals surface area contributed by atoms with Gasteiger partial charge in [0.25, 0.3) is 5.56 Å². The summed E-state index contributed by atoms with van der Waals surface area (Å²) in [5, 5.41) is -0.838. The van der Waals surface area contributed by atoms with Gasteiger partial charge in [0, 0.05) is 18.6 Å². The molecule has 0 amide bonds. The van der Waals surface area contributed by atoms with Crippen LogP contribution in [-0.4, -0.2) is 59.7 Å². The largest absolute Gasteiger partial charge is 0.468 e. The Hall–Kier alpha value is -2.79. The molecule has 3 aromatic rings. The minimum Gasteiger partial charge on any atom is -0.468 e. The summed E-state index contributed by atoms with van der Waals surface area (Å²) >= 11 is 5.98. The molecule has 42 heavy (non-hydrogen) atoms. The van der Waals surface area contributed by atoms with E-state index in [-0.39, 0.29) is 53.8 Å². The zero-order valence-corrected chi connectivity index (χ0v) is 26.4. The number of thioether (sulfide) groups is 1. The van der Waals surface area contributed by atoms with Gasteiger partial charge in [0.1, 0.15) is 12.3 Å². The van der Waals surface area contributed by atoms with Gasteiger partial charge in [0.05, 0.1) is 34.9 Å². The van der Waals surface area contributed by atoms with Crippen LogP contribution in [0.15, 0.2) is 68.0 Å². The summed E-state index contributed by atoms with van der Waals surface area (Å²) in [5.74, 6) is 0.331. The number of hydrogen-bond donors (Lipinski definition) is 3. The molecule has 0 saturated heterocycles. The van der Waals surface area contributed by atoms with Crippen molar-refractivity contribution in [1.82, 2.24) is 13.9 Å². The number of carbonyl (C=O) groups excluding carboxylic acids is 1. The maximum absolute atomic E-state index is 13.8. The first-order valence-corrected chi connectivity index (χ1v) is 16.6. The van der Waals surface area contributed by atoms with Gasteiger partial charge in [-0.15, -0.1) is 24.4 Å². The summed E-state index contributed by atoms with van der Waals surface area (Å²) in [5.41, 5.74) is -0.169. The molecule has 0 radical (unpaired) electrons. The molecular weight excluding hydrogens is 623 g/mol. The van der Waals surface area contributed by atoms with E-state index < -0.39 is 32.9 Å². The highest BCUT2D eigenvalue weighted by atomic mass is 32.2. The van der Waals surface area contributed by atoms with E-state index in [1.807, 2.05) is 30.5 Å². The molecule has 0 spiro atoms. The fourth-order valence-electron chi connectivity index (χ4n) is 3.90. The Labute approximate surface area is 257 Å². The normalized spacial score (nSPS) is 12.0. The third-order valence-electron chi connectivity index (χ3n) is 6.06. The Kier molecular flexibility index (Phi) is 12.5. The van der Waals surface area contributed by atoms with Gasteiger partial charge in [-0.25, -0.2) is 17.9 Å². The molecule has 15 heteroatoms. The van der Waals surface area contributed by atoms with Crippen LogP contribution >= 0.6 is 36.4 Å². The molecule has 0 fully saturated rings. The molecule has 226 valence electrons. The van der Waals surface area contributed by atoms with Crippen molar-refractivity contribution in [3.63, 3.8) is 0 Å². The highest BCUT2D eigenvalue weighted by Gasteiger charge is 2.23. The van der Waals surface area contributed by atoms with Crippen molar-refractivity contribution in [3.05, 3.63) is 86.1 Å². The molecule has 0 unspecified atom stereocenters. The monoisotopic (exact) mass is 653 g/mol. The maximum atomic E-state index is 13.8. The van der Waals surface area contributed by atoms with Gasteiger partial charge in [-0.3, -0.25) is 18.7 Å². The van der Waals surface area contributed by atoms with Crippen LogP contribution in [0.3, 0.4) is 0 Å². The topological polar surface area (TPSA) is 146 Å². The number of aromatic nitrogens is 2. The van der Waals surface area contributed by atoms with Crippen LogP contribution in [0, 0.1) is 0 Å². The summed E-state index contributed by atoms with van der Waals surface area (Å²) in [6, 6.07) is 14.1. The standard InChI is InChI=1S/C27H31N3O8S4/c1-4-42(35,36)28-14-20(13-18-9-11-21(12-10-18)38-17-37-2)24-25(32)29(16-23(31)41-34)27(33)30(26(24)39)15-19-7-5-6-8-22(19)40-3/h5-13,28,34,39H,4,14-17H2,1-3H3/b20-13+. The molecule has 0 aliphatic carbocycles. The van der Waals surface area contributed by atoms with E-state index in [0.717, 1.165) is 10.5 Å². The molecule has 1 aromatic heterocycles. The second-order valence-electron chi connectivity index (χ2n) is 8.75. The van der Waals surface area contributed by atoms with Crippen molar-refractivity contribution >= 4 is 63.2 Å². The zero-order chi connectivity index (χ0) is 30.9. The van der Waals surface area contributed by atoms with Crippen LogP contribution < -0.4 is 20.7 Å². The molecule has 0 atom stereocenters. The minimum atomic E-state index is -3.69. The average Bonchev–Trinajstić information content (AvgIpc) is 2.99. The van der Waals surface area contributed by atoms with Gasteiger partial charge < -0.3 is 14.0 Å². The summed E-state index contributed by atoms with van der Waals surface area (Å²) in [7, 11) is -2.19. The van der Waals surface area contributed by atoms with Crippen molar-refractivity contribution < 1.29 is 27.2 Å². The molecule has 1 heterocycles. The highest BCUT2D eigenvalue weighted by Crippen LogP contribution is 2.25. The number of nitrogens with one attached hydrogen (secondary N) is 1. The lowest BCUT2D eigenvalue weighted by Gasteiger charge is -2.19. The molecule has 0 saturated carbocycles. The highest BCUT2D eigenvalue weighted by molar-refractivity contribution is 8.08. The molecule has 3 rings (SSSR count). The number of methoxy groups -OCH3 is 1. The first-order chi connectivity index (χ1) is 20.0. The SMILES string of the molecule is CCS(=O)(=O)NC/C(=C\c1ccc(OCOC)cc1)c1c(S)n(Cc2ccccc2SC)c(=O)n(CC(=O)SO)c1=O. The van der Waals surface area contributed by atoms with Crippen LogP contribution in [0.5, 0.6) is 5.75 Å². The number of benzene rings is 2. The lowest BCUT2D eigenvalue weighted by Crippen LogP contribution is -2.44. The third-order valence-corrected chi connectivity index (χ3v) is 9.04. The molecule has 0 aliphatic heterocycles. The Morgan fingerprint density at radius 1 is 1.12 bits per heavy atom. The van der Waals surface area contributed by atoms with E-state index in [2.05, 4.69) is 17.4 Å². The molecular formula is C27H31N3O8S4. The van der Waals surface area contributed by atoms with Gasteiger partial charge in [-0.2, -0.15) is 0 Å². The first-order valence-electron chi connectivity index (χ1n) is 12.5. The van der Waals surface area contributed by atoms with Crippen molar-refractivity contribution in [2.75, 3.05) is 32.5 Å². The quantitative estimate of drug-likeness (QED) is 0.0779. The van der Waals surface area contributed by atoms with Gasteiger partial charge in [-0.05, 0) is 54.2 Å². The summed E-state index contributed by atoms with van der Waals surface area (Å²) < 4.78 is 48.8. The van der Waals surface area contributed by atoms with Crippen molar-refractivity contribution in [1.29, 1.82) is 0 Å². The molecule has 11 nitrogen and oxygen atoms in total. The second kappa shape index (κ2) is 15.6. The number of hydrogen-bond acceptors (Lipinski definition) is 11. The number of nitrogens with zero attached hydrogens (tertiary/aromatic N) is 2. The summed E-state index contributed by atoms with van der Waals surface area (Å²) in [4.78, 5) is 40.4. The second-order valence-corrected chi connectivity index (χ2v) is 12.8. The Morgan fingerprint density at radius 3 is 2.43 bits per heavy atom. The van der Waals surface area contributed by atoms with Crippen molar-refractivity contribution in [3.8, 4) is 5.75 Å². The van der Waals surface area contributed by atoms with E-state index in [9.17, 15) is 27.4 Å². The summed E-state index contributed by atoms with van der Waals surface area (Å²) in [6.07, 6.45) is 3.48. The first kappa shape index (κ1) is 33.7. The molecule has 0 aliphatic rings.